The topological polar surface area (TPSA) is 49.4 Å². The van der Waals surface area contributed by atoms with E-state index in [1.807, 2.05) is 6.92 Å². The summed E-state index contributed by atoms with van der Waals surface area (Å²) in [6, 6.07) is 5.26. The number of amides is 2. The van der Waals surface area contributed by atoms with Gasteiger partial charge in [-0.15, -0.1) is 0 Å². The Morgan fingerprint density at radius 2 is 1.95 bits per heavy atom. The molecule has 0 bridgehead atoms. The Kier molecular flexibility index (Phi) is 5.70. The minimum absolute atomic E-state index is 0.00921. The maximum Gasteiger partial charge on any atom is 0.230 e. The van der Waals surface area contributed by atoms with Crippen molar-refractivity contribution in [2.24, 2.45) is 0 Å². The van der Waals surface area contributed by atoms with Gasteiger partial charge in [0.25, 0.3) is 0 Å². The molecule has 0 radical (unpaired) electrons. The molecule has 0 spiro atoms. The van der Waals surface area contributed by atoms with E-state index >= 15 is 0 Å². The molecule has 2 atom stereocenters. The minimum atomic E-state index is -0.405. The van der Waals surface area contributed by atoms with Gasteiger partial charge in [-0.2, -0.15) is 0 Å². The molecule has 1 N–H and O–H groups in total. The fourth-order valence-electron chi connectivity index (χ4n) is 2.90. The lowest BCUT2D eigenvalue weighted by Crippen LogP contribution is -2.50. The van der Waals surface area contributed by atoms with Gasteiger partial charge < -0.3 is 10.2 Å². The van der Waals surface area contributed by atoms with Gasteiger partial charge >= 0.3 is 0 Å². The largest absolute Gasteiger partial charge is 0.352 e. The van der Waals surface area contributed by atoms with Crippen molar-refractivity contribution in [1.82, 2.24) is 10.2 Å². The van der Waals surface area contributed by atoms with Gasteiger partial charge in [-0.25, -0.2) is 0 Å². The third-order valence-corrected chi connectivity index (χ3v) is 4.60. The van der Waals surface area contributed by atoms with Crippen LogP contribution >= 0.6 is 23.2 Å². The molecule has 0 aromatic heterocycles. The van der Waals surface area contributed by atoms with E-state index in [0.717, 1.165) is 12.8 Å². The van der Waals surface area contributed by atoms with Crippen molar-refractivity contribution in [3.8, 4) is 0 Å². The predicted molar refractivity (Wildman–Crippen MR) is 88.3 cm³/mol. The van der Waals surface area contributed by atoms with Gasteiger partial charge in [-0.1, -0.05) is 29.3 Å². The third-order valence-electron chi connectivity index (χ3n) is 3.94. The van der Waals surface area contributed by atoms with E-state index in [0.29, 0.717) is 28.7 Å². The van der Waals surface area contributed by atoms with Crippen LogP contribution in [0.3, 0.4) is 0 Å². The summed E-state index contributed by atoms with van der Waals surface area (Å²) in [7, 11) is 0. The third kappa shape index (κ3) is 3.93. The van der Waals surface area contributed by atoms with Crippen molar-refractivity contribution < 1.29 is 9.59 Å². The molecule has 1 saturated heterocycles. The molecule has 2 amide bonds. The van der Waals surface area contributed by atoms with E-state index in [4.69, 9.17) is 23.2 Å². The number of halogens is 2. The molecule has 0 saturated carbocycles. The van der Waals surface area contributed by atoms with Crippen molar-refractivity contribution in [1.29, 1.82) is 0 Å². The fourth-order valence-corrected chi connectivity index (χ4v) is 3.63. The van der Waals surface area contributed by atoms with E-state index in [9.17, 15) is 9.59 Å². The van der Waals surface area contributed by atoms with Gasteiger partial charge in [-0.05, 0) is 31.9 Å². The van der Waals surface area contributed by atoms with Crippen LogP contribution in [0.25, 0.3) is 0 Å². The molecule has 2 rings (SSSR count). The summed E-state index contributed by atoms with van der Waals surface area (Å²) in [5.74, 6) is -0.483. The van der Waals surface area contributed by atoms with Crippen molar-refractivity contribution in [3.05, 3.63) is 33.8 Å². The summed E-state index contributed by atoms with van der Waals surface area (Å²) in [5.41, 5.74) is 0.664. The number of hydrogen-bond acceptors (Lipinski definition) is 2. The summed E-state index contributed by atoms with van der Waals surface area (Å²) in [5, 5.41) is 3.89. The molecule has 1 aromatic carbocycles. The molecule has 120 valence electrons. The van der Waals surface area contributed by atoms with Crippen molar-refractivity contribution in [3.63, 3.8) is 0 Å². The van der Waals surface area contributed by atoms with Crippen LogP contribution in [0.4, 0.5) is 0 Å². The van der Waals surface area contributed by atoms with Crippen molar-refractivity contribution >= 4 is 35.0 Å². The highest BCUT2D eigenvalue weighted by molar-refractivity contribution is 6.36. The fraction of sp³-hybridized carbons (Fsp3) is 0.500. The number of carbonyl (C=O) groups excluding carboxylic acids is 2. The highest BCUT2D eigenvalue weighted by atomic mass is 35.5. The first-order valence-electron chi connectivity index (χ1n) is 7.40. The molecule has 6 heteroatoms. The lowest BCUT2D eigenvalue weighted by molar-refractivity contribution is -0.134. The van der Waals surface area contributed by atoms with Gasteiger partial charge in [0, 0.05) is 41.7 Å². The monoisotopic (exact) mass is 342 g/mol. The molecule has 1 aromatic rings. The van der Waals surface area contributed by atoms with Gasteiger partial charge in [0.15, 0.2) is 0 Å². The maximum absolute atomic E-state index is 12.7. The van der Waals surface area contributed by atoms with E-state index in [-0.39, 0.29) is 17.9 Å². The van der Waals surface area contributed by atoms with Crippen molar-refractivity contribution in [2.75, 3.05) is 13.1 Å². The SMILES string of the molecule is CC(=O)N[C@H]1CCCN(C(=O)[C@H](C)c2c(Cl)cccc2Cl)C1. The smallest absolute Gasteiger partial charge is 0.230 e. The summed E-state index contributed by atoms with van der Waals surface area (Å²) >= 11 is 12.4. The Hall–Kier alpha value is -1.26. The van der Waals surface area contributed by atoms with E-state index in [1.54, 1.807) is 23.1 Å². The van der Waals surface area contributed by atoms with Gasteiger partial charge in [0.2, 0.25) is 11.8 Å². The van der Waals surface area contributed by atoms with Gasteiger partial charge in [0.1, 0.15) is 0 Å². The van der Waals surface area contributed by atoms with E-state index in [2.05, 4.69) is 5.32 Å². The lowest BCUT2D eigenvalue weighted by Gasteiger charge is -2.34. The molecule has 1 heterocycles. The second kappa shape index (κ2) is 7.34. The number of carbonyl (C=O) groups is 2. The van der Waals surface area contributed by atoms with Crippen LogP contribution in [-0.4, -0.2) is 35.8 Å². The first kappa shape index (κ1) is 17.1. The first-order chi connectivity index (χ1) is 10.4. The Balaban J connectivity index is 2.11. The zero-order valence-electron chi connectivity index (χ0n) is 12.7. The molecule has 22 heavy (non-hydrogen) atoms. The molecule has 1 fully saturated rings. The number of rotatable bonds is 3. The predicted octanol–water partition coefficient (Wildman–Crippen LogP) is 3.22. The quantitative estimate of drug-likeness (QED) is 0.916. The highest BCUT2D eigenvalue weighted by Gasteiger charge is 2.29. The standard InChI is InChI=1S/C16H20Cl2N2O2/c1-10(15-13(17)6-3-7-14(15)18)16(22)20-8-4-5-12(9-20)19-11(2)21/h3,6-7,10,12H,4-5,8-9H2,1-2H3,(H,19,21)/t10-,12+/m1/s1. The van der Waals surface area contributed by atoms with Crippen LogP contribution in [0.1, 0.15) is 38.2 Å². The first-order valence-corrected chi connectivity index (χ1v) is 8.15. The summed E-state index contributed by atoms with van der Waals surface area (Å²) < 4.78 is 0. The van der Waals surface area contributed by atoms with E-state index in [1.165, 1.54) is 6.92 Å². The molecule has 1 aliphatic heterocycles. The average Bonchev–Trinajstić information content (AvgIpc) is 2.45. The minimum Gasteiger partial charge on any atom is -0.352 e. The Labute approximate surface area is 140 Å². The summed E-state index contributed by atoms with van der Waals surface area (Å²) in [6.45, 7) is 4.54. The number of nitrogens with zero attached hydrogens (tertiary/aromatic N) is 1. The zero-order chi connectivity index (χ0) is 16.3. The molecule has 4 nitrogen and oxygen atoms in total. The van der Waals surface area contributed by atoms with Gasteiger partial charge in [0.05, 0.1) is 5.92 Å². The Morgan fingerprint density at radius 3 is 2.55 bits per heavy atom. The average molecular weight is 343 g/mol. The Bertz CT molecular complexity index is 557. The molecular formula is C16H20Cl2N2O2. The van der Waals surface area contributed by atoms with Crippen LogP contribution < -0.4 is 5.32 Å². The summed E-state index contributed by atoms with van der Waals surface area (Å²) in [4.78, 5) is 25.7. The Morgan fingerprint density at radius 1 is 1.32 bits per heavy atom. The van der Waals surface area contributed by atoms with Gasteiger partial charge in [-0.3, -0.25) is 9.59 Å². The second-order valence-electron chi connectivity index (χ2n) is 5.68. The molecule has 0 unspecified atom stereocenters. The van der Waals surface area contributed by atoms with Crippen LogP contribution in [-0.2, 0) is 9.59 Å². The lowest BCUT2D eigenvalue weighted by atomic mass is 9.97. The van der Waals surface area contributed by atoms with E-state index < -0.39 is 5.92 Å². The maximum atomic E-state index is 12.7. The summed E-state index contributed by atoms with van der Waals surface area (Å²) in [6.07, 6.45) is 1.77. The van der Waals surface area contributed by atoms with Crippen LogP contribution in [0.2, 0.25) is 10.0 Å². The van der Waals surface area contributed by atoms with Crippen LogP contribution in [0.5, 0.6) is 0 Å². The van der Waals surface area contributed by atoms with Crippen LogP contribution in [0.15, 0.2) is 18.2 Å². The molecule has 0 aliphatic carbocycles. The number of piperidine rings is 1. The number of likely N-dealkylation sites (tertiary alicyclic amines) is 1. The molecular weight excluding hydrogens is 323 g/mol. The number of hydrogen-bond donors (Lipinski definition) is 1. The van der Waals surface area contributed by atoms with Crippen molar-refractivity contribution in [2.45, 2.75) is 38.6 Å². The second-order valence-corrected chi connectivity index (χ2v) is 6.50. The van der Waals surface area contributed by atoms with Crippen LogP contribution in [0, 0.1) is 0 Å². The molecule has 1 aliphatic rings. The highest BCUT2D eigenvalue weighted by Crippen LogP contribution is 2.33. The number of nitrogens with one attached hydrogen (secondary N) is 1. The number of benzene rings is 1. The zero-order valence-corrected chi connectivity index (χ0v) is 14.2. The normalized spacial score (nSPS) is 19.6.